The second-order valence-electron chi connectivity index (χ2n) is 15.5. The first-order valence-corrected chi connectivity index (χ1v) is 17.8. The lowest BCUT2D eigenvalue weighted by Gasteiger charge is -2.34. The summed E-state index contributed by atoms with van der Waals surface area (Å²) in [5.41, 5.74) is 2.09. The fraction of sp³-hybridized carbons (Fsp3) is 0.795. The number of ether oxygens (including phenoxy) is 1. The standard InChI is InChI=1S/C39H68O4/c1-8-9-10-11-12-13-14-15-16-17-18-19-20-21-22-23-26-43-39(35(41)30-40)25-24-31(29-39)32-27-33(37(2,3)4)36(42)34(28-32)38(5,6)7/h15-16,27-28,31,35,40-42H,8-14,17-26,29-30H2,1-7H3. The molecule has 3 unspecified atom stereocenters. The van der Waals surface area contributed by atoms with Crippen LogP contribution in [0, 0.1) is 0 Å². The third-order valence-electron chi connectivity index (χ3n) is 9.55. The molecule has 3 atom stereocenters. The summed E-state index contributed by atoms with van der Waals surface area (Å²) < 4.78 is 6.46. The fourth-order valence-corrected chi connectivity index (χ4v) is 6.68. The van der Waals surface area contributed by atoms with Crippen LogP contribution in [0.2, 0.25) is 0 Å². The minimum atomic E-state index is -0.882. The molecule has 0 heterocycles. The van der Waals surface area contributed by atoms with E-state index in [4.69, 9.17) is 4.74 Å². The summed E-state index contributed by atoms with van der Waals surface area (Å²) in [6.07, 6.45) is 24.1. The third-order valence-corrected chi connectivity index (χ3v) is 9.55. The summed E-state index contributed by atoms with van der Waals surface area (Å²) in [6.45, 7) is 15.5. The van der Waals surface area contributed by atoms with E-state index >= 15 is 0 Å². The van der Waals surface area contributed by atoms with Crippen molar-refractivity contribution in [1.29, 1.82) is 0 Å². The molecule has 2 rings (SSSR count). The van der Waals surface area contributed by atoms with Gasteiger partial charge in [-0.3, -0.25) is 0 Å². The first kappa shape index (κ1) is 37.8. The maximum absolute atomic E-state index is 11.2. The summed E-state index contributed by atoms with van der Waals surface area (Å²) in [7, 11) is 0. The number of rotatable bonds is 20. The van der Waals surface area contributed by atoms with Crippen LogP contribution in [0.25, 0.3) is 0 Å². The topological polar surface area (TPSA) is 69.9 Å². The van der Waals surface area contributed by atoms with Crippen LogP contribution in [0.3, 0.4) is 0 Å². The van der Waals surface area contributed by atoms with E-state index in [2.05, 4.69) is 72.8 Å². The van der Waals surface area contributed by atoms with Gasteiger partial charge in [0.2, 0.25) is 0 Å². The quantitative estimate of drug-likeness (QED) is 0.103. The van der Waals surface area contributed by atoms with E-state index < -0.39 is 11.7 Å². The molecule has 0 spiro atoms. The van der Waals surface area contributed by atoms with Crippen molar-refractivity contribution >= 4 is 0 Å². The highest BCUT2D eigenvalue weighted by atomic mass is 16.5. The SMILES string of the molecule is CCCCCCCCC=CCCCCCCCCOC1(C(O)CO)CCC(c2cc(C(C)(C)C)c(O)c(C(C)(C)C)c2)C1. The third kappa shape index (κ3) is 12.5. The lowest BCUT2D eigenvalue weighted by Crippen LogP contribution is -2.45. The van der Waals surface area contributed by atoms with Gasteiger partial charge in [0.25, 0.3) is 0 Å². The predicted octanol–water partition coefficient (Wildman–Crippen LogP) is 10.4. The average molecular weight is 601 g/mol. The summed E-state index contributed by atoms with van der Waals surface area (Å²) in [4.78, 5) is 0. The van der Waals surface area contributed by atoms with Gasteiger partial charge in [-0.1, -0.05) is 131 Å². The molecular formula is C39H68O4. The Labute approximate surface area is 265 Å². The normalized spacial score (nSPS) is 20.3. The van der Waals surface area contributed by atoms with Gasteiger partial charge in [-0.15, -0.1) is 0 Å². The highest BCUT2D eigenvalue weighted by Crippen LogP contribution is 2.48. The second-order valence-corrected chi connectivity index (χ2v) is 15.5. The van der Waals surface area contributed by atoms with Crippen LogP contribution in [-0.2, 0) is 15.6 Å². The molecule has 0 aliphatic heterocycles. The maximum atomic E-state index is 11.2. The van der Waals surface area contributed by atoms with Crippen molar-refractivity contribution in [2.45, 2.75) is 186 Å². The van der Waals surface area contributed by atoms with Gasteiger partial charge in [0.1, 0.15) is 11.9 Å². The average Bonchev–Trinajstić information content (AvgIpc) is 3.38. The molecule has 1 saturated carbocycles. The number of aliphatic hydroxyl groups excluding tert-OH is 2. The van der Waals surface area contributed by atoms with Crippen LogP contribution >= 0.6 is 0 Å². The van der Waals surface area contributed by atoms with Crippen molar-refractivity contribution in [3.8, 4) is 5.75 Å². The van der Waals surface area contributed by atoms with E-state index in [0.717, 1.165) is 36.8 Å². The molecule has 0 bridgehead atoms. The van der Waals surface area contributed by atoms with Gasteiger partial charge in [0.15, 0.2) is 0 Å². The molecule has 1 fully saturated rings. The Morgan fingerprint density at radius 2 is 1.30 bits per heavy atom. The zero-order chi connectivity index (χ0) is 31.9. The maximum Gasteiger partial charge on any atom is 0.123 e. The number of hydrogen-bond acceptors (Lipinski definition) is 4. The largest absolute Gasteiger partial charge is 0.507 e. The first-order chi connectivity index (χ1) is 20.4. The lowest BCUT2D eigenvalue weighted by atomic mass is 9.76. The Bertz CT molecular complexity index is 903. The number of allylic oxidation sites excluding steroid dienone is 2. The molecule has 0 amide bonds. The van der Waals surface area contributed by atoms with Crippen LogP contribution < -0.4 is 0 Å². The van der Waals surface area contributed by atoms with Gasteiger partial charge in [-0.2, -0.15) is 0 Å². The Balaban J connectivity index is 1.79. The minimum absolute atomic E-state index is 0.180. The smallest absolute Gasteiger partial charge is 0.123 e. The van der Waals surface area contributed by atoms with E-state index in [1.807, 2.05) is 0 Å². The molecule has 43 heavy (non-hydrogen) atoms. The summed E-state index contributed by atoms with van der Waals surface area (Å²) in [5, 5.41) is 32.0. The molecule has 248 valence electrons. The van der Waals surface area contributed by atoms with E-state index in [1.165, 1.54) is 82.6 Å². The van der Waals surface area contributed by atoms with Gasteiger partial charge >= 0.3 is 0 Å². The Morgan fingerprint density at radius 1 is 0.814 bits per heavy atom. The summed E-state index contributed by atoms with van der Waals surface area (Å²) in [6, 6.07) is 4.34. The molecule has 1 aromatic carbocycles. The van der Waals surface area contributed by atoms with Crippen LogP contribution in [0.15, 0.2) is 24.3 Å². The molecule has 1 aliphatic rings. The Morgan fingerprint density at radius 3 is 1.79 bits per heavy atom. The van der Waals surface area contributed by atoms with Crippen molar-refractivity contribution in [3.63, 3.8) is 0 Å². The van der Waals surface area contributed by atoms with Crippen molar-refractivity contribution in [3.05, 3.63) is 41.0 Å². The van der Waals surface area contributed by atoms with Gasteiger partial charge in [0, 0.05) is 6.61 Å². The summed E-state index contributed by atoms with van der Waals surface area (Å²) >= 11 is 0. The number of phenols is 1. The van der Waals surface area contributed by atoms with E-state index in [-0.39, 0.29) is 23.4 Å². The molecule has 1 aromatic rings. The molecule has 0 aromatic heterocycles. The highest BCUT2D eigenvalue weighted by molar-refractivity contribution is 5.51. The molecule has 1 aliphatic carbocycles. The Hall–Kier alpha value is -1.36. The van der Waals surface area contributed by atoms with Gasteiger partial charge in [0.05, 0.1) is 12.2 Å². The minimum Gasteiger partial charge on any atom is -0.507 e. The summed E-state index contributed by atoms with van der Waals surface area (Å²) in [5.74, 6) is 0.628. The Kier molecular flexibility index (Phi) is 16.3. The van der Waals surface area contributed by atoms with Crippen LogP contribution in [-0.4, -0.2) is 40.2 Å². The van der Waals surface area contributed by atoms with Gasteiger partial charge in [-0.25, -0.2) is 0 Å². The molecule has 4 nitrogen and oxygen atoms in total. The van der Waals surface area contributed by atoms with Crippen LogP contribution in [0.5, 0.6) is 5.75 Å². The fourth-order valence-electron chi connectivity index (χ4n) is 6.68. The molecular weight excluding hydrogens is 532 g/mol. The van der Waals surface area contributed by atoms with E-state index in [9.17, 15) is 15.3 Å². The predicted molar refractivity (Wildman–Crippen MR) is 183 cm³/mol. The lowest BCUT2D eigenvalue weighted by molar-refractivity contribution is -0.134. The second kappa shape index (κ2) is 18.6. The van der Waals surface area contributed by atoms with Gasteiger partial charge < -0.3 is 20.1 Å². The van der Waals surface area contributed by atoms with E-state index in [0.29, 0.717) is 18.8 Å². The van der Waals surface area contributed by atoms with Crippen molar-refractivity contribution in [1.82, 2.24) is 0 Å². The number of unbranched alkanes of at least 4 members (excludes halogenated alkanes) is 12. The van der Waals surface area contributed by atoms with Gasteiger partial charge in [-0.05, 0) is 84.8 Å². The van der Waals surface area contributed by atoms with Crippen molar-refractivity contribution < 1.29 is 20.1 Å². The molecule has 4 heteroatoms. The molecule has 0 saturated heterocycles. The number of aliphatic hydroxyl groups is 2. The monoisotopic (exact) mass is 601 g/mol. The van der Waals surface area contributed by atoms with E-state index in [1.54, 1.807) is 0 Å². The molecule has 3 N–H and O–H groups in total. The highest BCUT2D eigenvalue weighted by Gasteiger charge is 2.46. The van der Waals surface area contributed by atoms with Crippen LogP contribution in [0.1, 0.15) is 180 Å². The first-order valence-electron chi connectivity index (χ1n) is 17.8. The molecule has 0 radical (unpaired) electrons. The zero-order valence-corrected chi connectivity index (χ0v) is 29.1. The zero-order valence-electron chi connectivity index (χ0n) is 29.1. The van der Waals surface area contributed by atoms with Crippen molar-refractivity contribution in [2.24, 2.45) is 0 Å². The number of benzene rings is 1. The number of hydrogen-bond donors (Lipinski definition) is 3. The van der Waals surface area contributed by atoms with Crippen LogP contribution in [0.4, 0.5) is 0 Å². The number of aromatic hydroxyl groups is 1. The number of phenolic OH excluding ortho intramolecular Hbond substituents is 1. The van der Waals surface area contributed by atoms with Crippen molar-refractivity contribution in [2.75, 3.05) is 13.2 Å².